The van der Waals surface area contributed by atoms with Crippen LogP contribution in [0.1, 0.15) is 27.7 Å². The minimum absolute atomic E-state index is 0.385. The molecule has 0 amide bonds. The van der Waals surface area contributed by atoms with Crippen LogP contribution in [0, 0.1) is 0 Å². The van der Waals surface area contributed by atoms with E-state index in [0.29, 0.717) is 11.2 Å². The van der Waals surface area contributed by atoms with Crippen LogP contribution in [0.5, 0.6) is 0 Å². The number of hydrogen-bond acceptors (Lipinski definition) is 5. The average Bonchev–Trinajstić information content (AvgIpc) is 2.27. The predicted octanol–water partition coefficient (Wildman–Crippen LogP) is 0.907. The molecule has 2 N–H and O–H groups in total. The van der Waals surface area contributed by atoms with Gasteiger partial charge in [-0.1, -0.05) is 12.1 Å². The van der Waals surface area contributed by atoms with Crippen LogP contribution in [0.2, 0.25) is 0 Å². The van der Waals surface area contributed by atoms with Gasteiger partial charge in [0.05, 0.1) is 16.9 Å². The largest absolute Gasteiger partial charge is 0.491 e. The van der Waals surface area contributed by atoms with Gasteiger partial charge in [0.1, 0.15) is 0 Å². The van der Waals surface area contributed by atoms with Crippen LogP contribution in [-0.4, -0.2) is 34.5 Å². The Labute approximate surface area is 113 Å². The zero-order valence-corrected chi connectivity index (χ0v) is 11.5. The second-order valence-corrected chi connectivity index (χ2v) is 5.34. The number of rotatable bonds is 5. The topological polar surface area (TPSA) is 79.1 Å². The number of benzene rings is 1. The fraction of sp³-hybridized carbons (Fsp3) is 0.462. The highest BCUT2D eigenvalue weighted by Gasteiger charge is 2.39. The molecule has 1 rings (SSSR count). The van der Waals surface area contributed by atoms with Gasteiger partial charge in [-0.3, -0.25) is 0 Å². The molecule has 0 fully saturated rings. The summed E-state index contributed by atoms with van der Waals surface area (Å²) in [7, 11) is -1.22. The van der Waals surface area contributed by atoms with Gasteiger partial charge in [0.25, 0.3) is 0 Å². The van der Waals surface area contributed by atoms with Crippen LogP contribution >= 0.6 is 0 Å². The van der Waals surface area contributed by atoms with Crippen molar-refractivity contribution >= 4 is 24.3 Å². The second-order valence-electron chi connectivity index (χ2n) is 5.34. The maximum atomic E-state index is 10.2. The van der Waals surface area contributed by atoms with E-state index in [4.69, 9.17) is 4.65 Å². The number of carbonyl (C=O) groups excluding carboxylic acids is 1. The molecule has 5 nitrogen and oxygen atoms in total. The van der Waals surface area contributed by atoms with Crippen molar-refractivity contribution in [2.24, 2.45) is 4.99 Å². The van der Waals surface area contributed by atoms with Crippen LogP contribution in [0.3, 0.4) is 0 Å². The molecule has 0 aliphatic heterocycles. The highest BCUT2D eigenvalue weighted by Crippen LogP contribution is 2.25. The number of isocyanates is 1. The first-order chi connectivity index (χ1) is 8.67. The van der Waals surface area contributed by atoms with Crippen LogP contribution in [-0.2, 0) is 9.45 Å². The molecule has 0 radical (unpaired) electrons. The first-order valence-electron chi connectivity index (χ1n) is 5.93. The Hall–Kier alpha value is -1.46. The summed E-state index contributed by atoms with van der Waals surface area (Å²) in [5.74, 6) is 0. The molecule has 0 saturated carbocycles. The van der Waals surface area contributed by atoms with E-state index in [1.54, 1.807) is 45.9 Å². The van der Waals surface area contributed by atoms with E-state index in [9.17, 15) is 14.9 Å². The lowest BCUT2D eigenvalue weighted by Crippen LogP contribution is -2.53. The summed E-state index contributed by atoms with van der Waals surface area (Å²) >= 11 is 0. The Morgan fingerprint density at radius 2 is 1.95 bits per heavy atom. The highest BCUT2D eigenvalue weighted by atomic mass is 16.5. The third kappa shape index (κ3) is 4.01. The molecule has 102 valence electrons. The summed E-state index contributed by atoms with van der Waals surface area (Å²) in [5.41, 5.74) is -1.23. The number of aliphatic hydroxyl groups is 1. The molecule has 0 heterocycles. The first kappa shape index (κ1) is 15.6. The standard InChI is InChI=1S/C13H18BNO4/c1-12(2,17)13(3,4)19-14(18)10-6-5-7-11(8-10)15-9-16/h5-8,17-18H,1-4H3. The molecule has 19 heavy (non-hydrogen) atoms. The van der Waals surface area contributed by atoms with Gasteiger partial charge in [-0.15, -0.1) is 0 Å². The molecule has 0 saturated heterocycles. The van der Waals surface area contributed by atoms with Crippen molar-refractivity contribution in [1.82, 2.24) is 0 Å². The molecule has 0 spiro atoms. The zero-order valence-electron chi connectivity index (χ0n) is 11.5. The minimum Gasteiger partial charge on any atom is -0.423 e. The Balaban J connectivity index is 2.92. The van der Waals surface area contributed by atoms with E-state index in [1.165, 1.54) is 12.1 Å². The Kier molecular flexibility index (Phi) is 4.66. The summed E-state index contributed by atoms with van der Waals surface area (Å²) in [5, 5.41) is 20.0. The monoisotopic (exact) mass is 263 g/mol. The molecule has 0 unspecified atom stereocenters. The Morgan fingerprint density at radius 1 is 1.32 bits per heavy atom. The number of nitrogens with zero attached hydrogens (tertiary/aromatic N) is 1. The summed E-state index contributed by atoms with van der Waals surface area (Å²) in [6.45, 7) is 6.58. The van der Waals surface area contributed by atoms with Gasteiger partial charge >= 0.3 is 7.12 Å². The summed E-state index contributed by atoms with van der Waals surface area (Å²) in [6.07, 6.45) is 1.44. The predicted molar refractivity (Wildman–Crippen MR) is 73.3 cm³/mol. The van der Waals surface area contributed by atoms with Crippen molar-refractivity contribution in [2.45, 2.75) is 38.9 Å². The molecule has 0 bridgehead atoms. The van der Waals surface area contributed by atoms with Crippen LogP contribution in [0.25, 0.3) is 0 Å². The van der Waals surface area contributed by atoms with Gasteiger partial charge in [-0.05, 0) is 45.3 Å². The smallest absolute Gasteiger partial charge is 0.423 e. The van der Waals surface area contributed by atoms with Gasteiger partial charge in [-0.2, -0.15) is 4.99 Å². The van der Waals surface area contributed by atoms with E-state index < -0.39 is 18.3 Å². The van der Waals surface area contributed by atoms with Crippen molar-refractivity contribution in [2.75, 3.05) is 0 Å². The minimum atomic E-state index is -1.22. The third-order valence-electron chi connectivity index (χ3n) is 3.21. The van der Waals surface area contributed by atoms with Crippen LogP contribution in [0.4, 0.5) is 5.69 Å². The quantitative estimate of drug-likeness (QED) is 0.470. The van der Waals surface area contributed by atoms with Crippen molar-refractivity contribution in [3.05, 3.63) is 24.3 Å². The van der Waals surface area contributed by atoms with Gasteiger partial charge in [0, 0.05) is 0 Å². The number of aliphatic imine (C=N–C) groups is 1. The average molecular weight is 263 g/mol. The van der Waals surface area contributed by atoms with E-state index >= 15 is 0 Å². The van der Waals surface area contributed by atoms with Crippen molar-refractivity contribution in [1.29, 1.82) is 0 Å². The van der Waals surface area contributed by atoms with Crippen molar-refractivity contribution in [3.63, 3.8) is 0 Å². The van der Waals surface area contributed by atoms with Gasteiger partial charge in [0.15, 0.2) is 0 Å². The van der Waals surface area contributed by atoms with Gasteiger partial charge < -0.3 is 14.8 Å². The van der Waals surface area contributed by atoms with Gasteiger partial charge in [0.2, 0.25) is 6.08 Å². The molecule has 0 aromatic heterocycles. The maximum Gasteiger partial charge on any atom is 0.491 e. The normalized spacial score (nSPS) is 11.9. The van der Waals surface area contributed by atoms with Crippen LogP contribution in [0.15, 0.2) is 29.3 Å². The molecule has 0 atom stereocenters. The highest BCUT2D eigenvalue weighted by molar-refractivity contribution is 6.60. The summed E-state index contributed by atoms with van der Waals surface area (Å²) < 4.78 is 5.49. The fourth-order valence-corrected chi connectivity index (χ4v) is 1.29. The zero-order chi connectivity index (χ0) is 14.7. The Morgan fingerprint density at radius 3 is 2.47 bits per heavy atom. The fourth-order valence-electron chi connectivity index (χ4n) is 1.29. The third-order valence-corrected chi connectivity index (χ3v) is 3.21. The lowest BCUT2D eigenvalue weighted by Gasteiger charge is -2.38. The lowest BCUT2D eigenvalue weighted by atomic mass is 9.76. The lowest BCUT2D eigenvalue weighted by molar-refractivity contribution is -0.0982. The molecular weight excluding hydrogens is 245 g/mol. The molecule has 1 aromatic carbocycles. The molecular formula is C13H18BNO4. The van der Waals surface area contributed by atoms with Crippen molar-refractivity contribution < 1.29 is 19.6 Å². The van der Waals surface area contributed by atoms with E-state index in [2.05, 4.69) is 4.99 Å². The van der Waals surface area contributed by atoms with Crippen LogP contribution < -0.4 is 5.46 Å². The molecule has 6 heteroatoms. The van der Waals surface area contributed by atoms with E-state index in [0.717, 1.165) is 0 Å². The van der Waals surface area contributed by atoms with Gasteiger partial charge in [-0.25, -0.2) is 4.79 Å². The Bertz CT molecular complexity index is 490. The van der Waals surface area contributed by atoms with E-state index in [-0.39, 0.29) is 0 Å². The summed E-state index contributed by atoms with van der Waals surface area (Å²) in [6, 6.07) is 6.43. The first-order valence-corrected chi connectivity index (χ1v) is 5.93. The molecule has 0 aliphatic carbocycles. The molecule has 0 aliphatic rings. The SMILES string of the molecule is CC(C)(O)C(C)(C)OB(O)c1cccc(N=C=O)c1. The van der Waals surface area contributed by atoms with Crippen molar-refractivity contribution in [3.8, 4) is 0 Å². The maximum absolute atomic E-state index is 10.2. The summed E-state index contributed by atoms with van der Waals surface area (Å²) in [4.78, 5) is 13.7. The van der Waals surface area contributed by atoms with E-state index in [1.807, 2.05) is 0 Å². The second kappa shape index (κ2) is 5.67. The number of hydrogen-bond donors (Lipinski definition) is 2. The molecule has 1 aromatic rings.